The summed E-state index contributed by atoms with van der Waals surface area (Å²) in [5.74, 6) is 0.535. The highest BCUT2D eigenvalue weighted by atomic mass is 16.6. The van der Waals surface area contributed by atoms with Gasteiger partial charge in [-0.15, -0.1) is 0 Å². The predicted molar refractivity (Wildman–Crippen MR) is 77.1 cm³/mol. The van der Waals surface area contributed by atoms with Crippen LogP contribution in [-0.4, -0.2) is 64.5 Å². The van der Waals surface area contributed by atoms with E-state index < -0.39 is 0 Å². The van der Waals surface area contributed by atoms with Crippen molar-refractivity contribution in [1.29, 1.82) is 0 Å². The average Bonchev–Trinajstić information content (AvgIpc) is 2.77. The van der Waals surface area contributed by atoms with Gasteiger partial charge in [-0.25, -0.2) is 9.59 Å². The first kappa shape index (κ1) is 15.1. The zero-order valence-electron chi connectivity index (χ0n) is 12.6. The number of aromatic nitrogens is 2. The molecule has 3 amide bonds. The fourth-order valence-electron chi connectivity index (χ4n) is 2.12. The Balaban J connectivity index is 1.84. The van der Waals surface area contributed by atoms with Crippen molar-refractivity contribution in [2.75, 3.05) is 38.1 Å². The van der Waals surface area contributed by atoms with Crippen molar-refractivity contribution in [3.8, 4) is 0 Å². The monoisotopic (exact) mass is 295 g/mol. The van der Waals surface area contributed by atoms with Gasteiger partial charge in [0.15, 0.2) is 5.82 Å². The van der Waals surface area contributed by atoms with Crippen molar-refractivity contribution >= 4 is 17.9 Å². The van der Waals surface area contributed by atoms with Crippen LogP contribution in [0.25, 0.3) is 0 Å². The predicted octanol–water partition coefficient (Wildman–Crippen LogP) is 1.03. The lowest BCUT2D eigenvalue weighted by atomic mass is 10.3. The van der Waals surface area contributed by atoms with Gasteiger partial charge in [0.05, 0.1) is 6.61 Å². The molecule has 0 bridgehead atoms. The molecule has 1 N–H and O–H groups in total. The molecule has 8 heteroatoms. The Hall–Kier alpha value is -2.25. The number of urea groups is 1. The molecule has 0 atom stereocenters. The molecule has 0 spiro atoms. The number of rotatable bonds is 2. The molecule has 1 fully saturated rings. The molecule has 8 nitrogen and oxygen atoms in total. The SMILES string of the molecule is CCOC(=O)N1CCN(C(=O)Nc2cc(C)n(C)n2)CC1. The number of ether oxygens (including phenoxy) is 1. The average molecular weight is 295 g/mol. The van der Waals surface area contributed by atoms with Gasteiger partial charge in [0, 0.05) is 45.0 Å². The van der Waals surface area contributed by atoms with E-state index >= 15 is 0 Å². The number of hydrogen-bond donors (Lipinski definition) is 1. The van der Waals surface area contributed by atoms with Gasteiger partial charge in [-0.3, -0.25) is 10.00 Å². The van der Waals surface area contributed by atoms with E-state index in [-0.39, 0.29) is 12.1 Å². The van der Waals surface area contributed by atoms with Crippen LogP contribution in [0.3, 0.4) is 0 Å². The maximum Gasteiger partial charge on any atom is 0.409 e. The lowest BCUT2D eigenvalue weighted by molar-refractivity contribution is 0.0868. The molecule has 21 heavy (non-hydrogen) atoms. The highest BCUT2D eigenvalue weighted by Crippen LogP contribution is 2.10. The molecule has 1 aliphatic heterocycles. The van der Waals surface area contributed by atoms with Gasteiger partial charge in [0.2, 0.25) is 0 Å². The fourth-order valence-corrected chi connectivity index (χ4v) is 2.12. The van der Waals surface area contributed by atoms with Crippen LogP contribution in [0.2, 0.25) is 0 Å². The van der Waals surface area contributed by atoms with E-state index in [1.807, 2.05) is 20.0 Å². The molecule has 2 heterocycles. The molecule has 0 saturated carbocycles. The normalized spacial score (nSPS) is 15.0. The minimum atomic E-state index is -0.321. The lowest BCUT2D eigenvalue weighted by Crippen LogP contribution is -2.51. The van der Waals surface area contributed by atoms with Crippen molar-refractivity contribution in [1.82, 2.24) is 19.6 Å². The van der Waals surface area contributed by atoms with Gasteiger partial charge in [-0.1, -0.05) is 0 Å². The maximum absolute atomic E-state index is 12.1. The zero-order chi connectivity index (χ0) is 15.4. The number of anilines is 1. The van der Waals surface area contributed by atoms with Crippen molar-refractivity contribution in [2.45, 2.75) is 13.8 Å². The summed E-state index contributed by atoms with van der Waals surface area (Å²) >= 11 is 0. The molecule has 0 aliphatic carbocycles. The van der Waals surface area contributed by atoms with Crippen LogP contribution in [0.4, 0.5) is 15.4 Å². The molecule has 2 rings (SSSR count). The number of carbonyl (C=O) groups excluding carboxylic acids is 2. The third kappa shape index (κ3) is 3.65. The summed E-state index contributed by atoms with van der Waals surface area (Å²) in [5, 5.41) is 6.95. The summed E-state index contributed by atoms with van der Waals surface area (Å²) in [4.78, 5) is 27.0. The van der Waals surface area contributed by atoms with Crippen molar-refractivity contribution in [3.63, 3.8) is 0 Å². The van der Waals surface area contributed by atoms with Crippen LogP contribution >= 0.6 is 0 Å². The number of piperazine rings is 1. The van der Waals surface area contributed by atoms with E-state index in [0.717, 1.165) is 5.69 Å². The minimum absolute atomic E-state index is 0.198. The summed E-state index contributed by atoms with van der Waals surface area (Å²) in [5.41, 5.74) is 0.970. The molecule has 1 aromatic rings. The van der Waals surface area contributed by atoms with Gasteiger partial charge >= 0.3 is 12.1 Å². The first-order valence-electron chi connectivity index (χ1n) is 6.99. The molecule has 1 aliphatic rings. The number of amides is 3. The van der Waals surface area contributed by atoms with Gasteiger partial charge in [-0.2, -0.15) is 5.10 Å². The van der Waals surface area contributed by atoms with E-state index in [0.29, 0.717) is 38.6 Å². The second kappa shape index (κ2) is 6.47. The Morgan fingerprint density at radius 3 is 2.43 bits per heavy atom. The summed E-state index contributed by atoms with van der Waals surface area (Å²) in [6.07, 6.45) is -0.321. The maximum atomic E-state index is 12.1. The van der Waals surface area contributed by atoms with Crippen LogP contribution in [-0.2, 0) is 11.8 Å². The highest BCUT2D eigenvalue weighted by Gasteiger charge is 2.25. The second-order valence-electron chi connectivity index (χ2n) is 4.90. The number of nitrogens with zero attached hydrogens (tertiary/aromatic N) is 4. The Labute approximate surface area is 123 Å². The van der Waals surface area contributed by atoms with Crippen LogP contribution in [0.1, 0.15) is 12.6 Å². The Morgan fingerprint density at radius 2 is 1.90 bits per heavy atom. The van der Waals surface area contributed by atoms with Gasteiger partial charge in [-0.05, 0) is 13.8 Å². The van der Waals surface area contributed by atoms with E-state index in [1.54, 1.807) is 21.4 Å². The summed E-state index contributed by atoms with van der Waals surface area (Å²) in [6, 6.07) is 1.61. The third-order valence-corrected chi connectivity index (χ3v) is 3.44. The number of carbonyl (C=O) groups is 2. The Morgan fingerprint density at radius 1 is 1.29 bits per heavy atom. The first-order chi connectivity index (χ1) is 10.0. The molecule has 1 saturated heterocycles. The van der Waals surface area contributed by atoms with Gasteiger partial charge in [0.1, 0.15) is 0 Å². The molecular weight excluding hydrogens is 274 g/mol. The van der Waals surface area contributed by atoms with E-state index in [4.69, 9.17) is 4.74 Å². The van der Waals surface area contributed by atoms with Crippen LogP contribution < -0.4 is 5.32 Å². The van der Waals surface area contributed by atoms with Crippen molar-refractivity contribution < 1.29 is 14.3 Å². The summed E-state index contributed by atoms with van der Waals surface area (Å²) in [7, 11) is 1.82. The van der Waals surface area contributed by atoms with Crippen molar-refractivity contribution in [3.05, 3.63) is 11.8 Å². The molecule has 0 radical (unpaired) electrons. The van der Waals surface area contributed by atoms with Crippen LogP contribution in [0.5, 0.6) is 0 Å². The van der Waals surface area contributed by atoms with E-state index in [1.165, 1.54) is 0 Å². The largest absolute Gasteiger partial charge is 0.450 e. The molecule has 1 aromatic heterocycles. The van der Waals surface area contributed by atoms with Crippen LogP contribution in [0.15, 0.2) is 6.07 Å². The first-order valence-corrected chi connectivity index (χ1v) is 6.99. The number of nitrogens with one attached hydrogen (secondary N) is 1. The third-order valence-electron chi connectivity index (χ3n) is 3.44. The lowest BCUT2D eigenvalue weighted by Gasteiger charge is -2.33. The Kier molecular flexibility index (Phi) is 4.66. The minimum Gasteiger partial charge on any atom is -0.450 e. The van der Waals surface area contributed by atoms with E-state index in [2.05, 4.69) is 10.4 Å². The smallest absolute Gasteiger partial charge is 0.409 e. The molecule has 0 unspecified atom stereocenters. The van der Waals surface area contributed by atoms with Gasteiger partial charge < -0.3 is 14.5 Å². The summed E-state index contributed by atoms with van der Waals surface area (Å²) in [6.45, 7) is 5.98. The fraction of sp³-hybridized carbons (Fsp3) is 0.615. The van der Waals surface area contributed by atoms with Crippen molar-refractivity contribution in [2.24, 2.45) is 7.05 Å². The standard InChI is InChI=1S/C13H21N5O3/c1-4-21-13(20)18-7-5-17(6-8-18)12(19)14-11-9-10(2)16(3)15-11/h9H,4-8H2,1-3H3,(H,14,15,19). The second-order valence-corrected chi connectivity index (χ2v) is 4.90. The number of aryl methyl sites for hydroxylation is 2. The van der Waals surface area contributed by atoms with Gasteiger partial charge in [0.25, 0.3) is 0 Å². The zero-order valence-corrected chi connectivity index (χ0v) is 12.6. The number of hydrogen-bond acceptors (Lipinski definition) is 4. The Bertz CT molecular complexity index is 500. The van der Waals surface area contributed by atoms with E-state index in [9.17, 15) is 9.59 Å². The summed E-state index contributed by atoms with van der Waals surface area (Å²) < 4.78 is 6.65. The highest BCUT2D eigenvalue weighted by molar-refractivity contribution is 5.88. The molecule has 116 valence electrons. The molecular formula is C13H21N5O3. The molecule has 0 aromatic carbocycles. The van der Waals surface area contributed by atoms with Crippen LogP contribution in [0, 0.1) is 6.92 Å². The quantitative estimate of drug-likeness (QED) is 0.884. The topological polar surface area (TPSA) is 79.7 Å².